The van der Waals surface area contributed by atoms with E-state index in [-0.39, 0.29) is 23.6 Å². The number of fused-ring (bicyclic) bond motifs is 1. The summed E-state index contributed by atoms with van der Waals surface area (Å²) < 4.78 is 0. The van der Waals surface area contributed by atoms with Crippen LogP contribution in [0.25, 0.3) is 22.2 Å². The van der Waals surface area contributed by atoms with E-state index in [1.807, 2.05) is 42.5 Å². The van der Waals surface area contributed by atoms with Crippen molar-refractivity contribution in [3.63, 3.8) is 0 Å². The van der Waals surface area contributed by atoms with Crippen molar-refractivity contribution < 1.29 is 15.0 Å². The van der Waals surface area contributed by atoms with Gasteiger partial charge in [0, 0.05) is 40.1 Å². The second kappa shape index (κ2) is 9.40. The Kier molecular flexibility index (Phi) is 5.99. The van der Waals surface area contributed by atoms with Gasteiger partial charge in [0.15, 0.2) is 0 Å². The summed E-state index contributed by atoms with van der Waals surface area (Å²) in [5.41, 5.74) is 3.85. The number of phenolic OH excluding ortho intramolecular Hbond substituents is 2. The average Bonchev–Trinajstić information content (AvgIpc) is 2.87. The molecule has 0 aliphatic heterocycles. The van der Waals surface area contributed by atoms with Gasteiger partial charge in [0.25, 0.3) is 5.91 Å². The first-order valence-corrected chi connectivity index (χ1v) is 11.1. The van der Waals surface area contributed by atoms with Gasteiger partial charge < -0.3 is 15.1 Å². The van der Waals surface area contributed by atoms with Crippen molar-refractivity contribution in [3.8, 4) is 22.8 Å². The van der Waals surface area contributed by atoms with Crippen LogP contribution in [0.2, 0.25) is 5.02 Å². The van der Waals surface area contributed by atoms with Crippen LogP contribution in [0, 0.1) is 0 Å². The molecule has 0 atom stereocenters. The van der Waals surface area contributed by atoms with Crippen LogP contribution in [0.1, 0.15) is 15.9 Å². The van der Waals surface area contributed by atoms with E-state index in [2.05, 4.69) is 15.0 Å². The summed E-state index contributed by atoms with van der Waals surface area (Å²) in [6, 6.07) is 20.4. The van der Waals surface area contributed by atoms with Crippen molar-refractivity contribution >= 4 is 34.1 Å². The molecule has 0 unspecified atom stereocenters. The zero-order valence-electron chi connectivity index (χ0n) is 18.3. The van der Waals surface area contributed by atoms with Crippen LogP contribution in [-0.4, -0.2) is 31.1 Å². The number of amides is 1. The van der Waals surface area contributed by atoms with E-state index >= 15 is 0 Å². The van der Waals surface area contributed by atoms with Gasteiger partial charge in [-0.2, -0.15) is 0 Å². The molecule has 0 aliphatic rings. The molecule has 7 nitrogen and oxygen atoms in total. The fourth-order valence-corrected chi connectivity index (χ4v) is 4.03. The van der Waals surface area contributed by atoms with Gasteiger partial charge in [0.05, 0.1) is 23.3 Å². The largest absolute Gasteiger partial charge is 0.508 e. The summed E-state index contributed by atoms with van der Waals surface area (Å²) in [4.78, 5) is 27.9. The van der Waals surface area contributed by atoms with Gasteiger partial charge in [0.2, 0.25) is 0 Å². The van der Waals surface area contributed by atoms with Crippen molar-refractivity contribution in [2.45, 2.75) is 6.54 Å². The van der Waals surface area contributed by atoms with Gasteiger partial charge >= 0.3 is 0 Å². The fraction of sp³-hybridized carbons (Fsp3) is 0.0370. The molecule has 172 valence electrons. The number of halogens is 1. The number of hydrogen-bond acceptors (Lipinski definition) is 6. The predicted molar refractivity (Wildman–Crippen MR) is 135 cm³/mol. The quantitative estimate of drug-likeness (QED) is 0.338. The lowest BCUT2D eigenvalue weighted by atomic mass is 10.1. The minimum absolute atomic E-state index is 0.0761. The van der Waals surface area contributed by atoms with E-state index in [0.717, 1.165) is 33.8 Å². The number of pyridine rings is 1. The van der Waals surface area contributed by atoms with Crippen LogP contribution in [0.15, 0.2) is 91.5 Å². The number of benzene rings is 3. The molecule has 2 heterocycles. The molecule has 35 heavy (non-hydrogen) atoms. The molecule has 0 aliphatic carbocycles. The second-order valence-electron chi connectivity index (χ2n) is 7.88. The number of hydrogen-bond donors (Lipinski definition) is 2. The zero-order valence-corrected chi connectivity index (χ0v) is 19.1. The third-order valence-corrected chi connectivity index (χ3v) is 5.81. The van der Waals surface area contributed by atoms with Crippen molar-refractivity contribution in [3.05, 3.63) is 108 Å². The number of anilines is 1. The third-order valence-electron chi connectivity index (χ3n) is 5.57. The monoisotopic (exact) mass is 482 g/mol. The molecule has 8 heteroatoms. The summed E-state index contributed by atoms with van der Waals surface area (Å²) in [5.74, 6) is -0.843. The van der Waals surface area contributed by atoms with Crippen molar-refractivity contribution in [1.29, 1.82) is 0 Å². The minimum atomic E-state index is -0.418. The van der Waals surface area contributed by atoms with E-state index in [0.29, 0.717) is 10.7 Å². The van der Waals surface area contributed by atoms with Crippen molar-refractivity contribution in [2.75, 3.05) is 4.90 Å². The molecule has 5 aromatic rings. The number of carbonyl (C=O) groups is 1. The molecule has 1 amide bonds. The first-order chi connectivity index (χ1) is 17.0. The average molecular weight is 483 g/mol. The van der Waals surface area contributed by atoms with Crippen LogP contribution in [0.4, 0.5) is 5.69 Å². The van der Waals surface area contributed by atoms with Crippen molar-refractivity contribution in [2.24, 2.45) is 0 Å². The Labute approximate surface area is 205 Å². The molecule has 0 spiro atoms. The van der Waals surface area contributed by atoms with Gasteiger partial charge in [-0.1, -0.05) is 29.8 Å². The molecule has 0 radical (unpaired) electrons. The lowest BCUT2D eigenvalue weighted by Crippen LogP contribution is -2.30. The van der Waals surface area contributed by atoms with E-state index in [1.54, 1.807) is 29.4 Å². The van der Waals surface area contributed by atoms with Gasteiger partial charge in [-0.3, -0.25) is 9.78 Å². The number of rotatable bonds is 5. The van der Waals surface area contributed by atoms with E-state index in [4.69, 9.17) is 11.6 Å². The molecular formula is C27H19ClN4O3. The molecule has 3 aromatic carbocycles. The van der Waals surface area contributed by atoms with Gasteiger partial charge in [-0.15, -0.1) is 0 Å². The highest BCUT2D eigenvalue weighted by Gasteiger charge is 2.22. The maximum atomic E-state index is 13.5. The van der Waals surface area contributed by atoms with Gasteiger partial charge in [0.1, 0.15) is 17.8 Å². The lowest BCUT2D eigenvalue weighted by Gasteiger charge is -2.24. The number of aromatic nitrogens is 3. The Bertz CT molecular complexity index is 1530. The zero-order chi connectivity index (χ0) is 24.4. The summed E-state index contributed by atoms with van der Waals surface area (Å²) >= 11 is 6.20. The highest BCUT2D eigenvalue weighted by Crippen LogP contribution is 2.31. The maximum Gasteiger partial charge on any atom is 0.262 e. The SMILES string of the molecule is O=C(c1ccc(O)cc1O)N(Cc1cccnc1)c1ccc(-c2ncnc3ccc(Cl)cc23)cc1. The van der Waals surface area contributed by atoms with Crippen LogP contribution in [-0.2, 0) is 6.54 Å². The summed E-state index contributed by atoms with van der Waals surface area (Å²) in [6.07, 6.45) is 4.85. The molecule has 2 N–H and O–H groups in total. The summed E-state index contributed by atoms with van der Waals surface area (Å²) in [7, 11) is 0. The standard InChI is InChI=1S/C27H19ClN4O3/c28-19-5-10-24-23(12-19)26(31-16-30-24)18-3-6-20(7-4-18)32(15-17-2-1-11-29-14-17)27(35)22-9-8-21(33)13-25(22)34/h1-14,16,33-34H,15H2. The number of nitrogens with zero attached hydrogens (tertiary/aromatic N) is 4. The van der Waals surface area contributed by atoms with Crippen molar-refractivity contribution in [1.82, 2.24) is 15.0 Å². The predicted octanol–water partition coefficient (Wildman–Crippen LogP) is 5.60. The van der Waals surface area contributed by atoms with Crippen LogP contribution >= 0.6 is 11.6 Å². The van der Waals surface area contributed by atoms with Crippen LogP contribution in [0.3, 0.4) is 0 Å². The highest BCUT2D eigenvalue weighted by atomic mass is 35.5. The summed E-state index contributed by atoms with van der Waals surface area (Å²) in [5, 5.41) is 21.3. The Balaban J connectivity index is 1.54. The summed E-state index contributed by atoms with van der Waals surface area (Å²) in [6.45, 7) is 0.235. The highest BCUT2D eigenvalue weighted by molar-refractivity contribution is 6.31. The Morgan fingerprint density at radius 3 is 2.51 bits per heavy atom. The Morgan fingerprint density at radius 1 is 0.943 bits per heavy atom. The smallest absolute Gasteiger partial charge is 0.262 e. The van der Waals surface area contributed by atoms with Gasteiger partial charge in [-0.25, -0.2) is 9.97 Å². The molecule has 0 saturated carbocycles. The Hall–Kier alpha value is -4.49. The molecule has 5 rings (SSSR count). The van der Waals surface area contributed by atoms with Gasteiger partial charge in [-0.05, 0) is 54.1 Å². The number of aromatic hydroxyl groups is 2. The molecule has 0 saturated heterocycles. The Morgan fingerprint density at radius 2 is 1.77 bits per heavy atom. The third kappa shape index (κ3) is 4.62. The molecular weight excluding hydrogens is 464 g/mol. The van der Waals surface area contributed by atoms with E-state index in [1.165, 1.54) is 18.5 Å². The first kappa shape index (κ1) is 22.3. The maximum absolute atomic E-state index is 13.5. The van der Waals surface area contributed by atoms with E-state index < -0.39 is 5.91 Å². The topological polar surface area (TPSA) is 99.4 Å². The molecule has 2 aromatic heterocycles. The second-order valence-corrected chi connectivity index (χ2v) is 8.32. The molecule has 0 fully saturated rings. The van der Waals surface area contributed by atoms with Crippen LogP contribution in [0.5, 0.6) is 11.5 Å². The van der Waals surface area contributed by atoms with Crippen LogP contribution < -0.4 is 4.90 Å². The molecule has 0 bridgehead atoms. The number of carbonyl (C=O) groups excluding carboxylic acids is 1. The number of phenols is 2. The minimum Gasteiger partial charge on any atom is -0.508 e. The van der Waals surface area contributed by atoms with E-state index in [9.17, 15) is 15.0 Å². The lowest BCUT2D eigenvalue weighted by molar-refractivity contribution is 0.0982. The fourth-order valence-electron chi connectivity index (χ4n) is 3.86. The first-order valence-electron chi connectivity index (χ1n) is 10.7. The normalized spacial score (nSPS) is 10.9.